The third kappa shape index (κ3) is 3.05. The Hall–Kier alpha value is -3.69. The molecular weight excluding hydrogens is 430 g/mol. The quantitative estimate of drug-likeness (QED) is 0.435. The Morgan fingerprint density at radius 1 is 1.12 bits per heavy atom. The van der Waals surface area contributed by atoms with Gasteiger partial charge in [-0.05, 0) is 30.3 Å². The van der Waals surface area contributed by atoms with Gasteiger partial charge >= 0.3 is 5.69 Å². The van der Waals surface area contributed by atoms with Crippen LogP contribution in [-0.4, -0.2) is 28.7 Å². The number of benzene rings is 1. The highest BCUT2D eigenvalue weighted by Crippen LogP contribution is 2.24. The summed E-state index contributed by atoms with van der Waals surface area (Å²) in [5.74, 6) is 0.445. The van der Waals surface area contributed by atoms with Gasteiger partial charge in [-0.1, -0.05) is 23.7 Å². The van der Waals surface area contributed by atoms with Crippen molar-refractivity contribution in [3.05, 3.63) is 91.7 Å². The molecule has 4 aromatic heterocycles. The first kappa shape index (κ1) is 20.2. The van der Waals surface area contributed by atoms with Crippen molar-refractivity contribution < 1.29 is 0 Å². The van der Waals surface area contributed by atoms with Crippen molar-refractivity contribution in [3.8, 4) is 0 Å². The van der Waals surface area contributed by atoms with Crippen LogP contribution in [-0.2, 0) is 20.6 Å². The van der Waals surface area contributed by atoms with Gasteiger partial charge in [0, 0.05) is 41.9 Å². The van der Waals surface area contributed by atoms with E-state index < -0.39 is 17.3 Å². The summed E-state index contributed by atoms with van der Waals surface area (Å²) in [5.41, 5.74) is 8.19. The van der Waals surface area contributed by atoms with Gasteiger partial charge in [0.2, 0.25) is 0 Å². The molecule has 0 aliphatic rings. The lowest BCUT2D eigenvalue weighted by Crippen LogP contribution is -2.39. The predicted molar refractivity (Wildman–Crippen MR) is 123 cm³/mol. The number of nitrogens with one attached hydrogen (secondary N) is 1. The van der Waals surface area contributed by atoms with Crippen LogP contribution >= 0.6 is 11.6 Å². The molecule has 5 aromatic rings. The van der Waals surface area contributed by atoms with Crippen molar-refractivity contribution in [2.24, 2.45) is 19.8 Å². The maximum atomic E-state index is 13.4. The molecule has 0 bridgehead atoms. The van der Waals surface area contributed by atoms with Crippen molar-refractivity contribution in [3.63, 3.8) is 0 Å². The molecule has 4 heterocycles. The van der Waals surface area contributed by atoms with Gasteiger partial charge in [0.1, 0.15) is 11.9 Å². The number of hydrogen-bond acceptors (Lipinski definition) is 5. The molecule has 0 fully saturated rings. The van der Waals surface area contributed by atoms with Crippen molar-refractivity contribution >= 4 is 33.7 Å². The maximum absolute atomic E-state index is 13.4. The summed E-state index contributed by atoms with van der Waals surface area (Å²) in [6.45, 7) is 0.0687. The smallest absolute Gasteiger partial charge is 0.332 e. The molecule has 32 heavy (non-hydrogen) atoms. The molecule has 9 nitrogen and oxygen atoms in total. The normalized spacial score (nSPS) is 12.6. The zero-order valence-electron chi connectivity index (χ0n) is 17.4. The Labute approximate surface area is 186 Å². The Morgan fingerprint density at radius 2 is 1.94 bits per heavy atom. The maximum Gasteiger partial charge on any atom is 0.332 e. The molecule has 0 radical (unpaired) electrons. The topological polar surface area (TPSA) is 117 Å². The van der Waals surface area contributed by atoms with Gasteiger partial charge in [-0.15, -0.1) is 0 Å². The highest BCUT2D eigenvalue weighted by atomic mass is 35.5. The molecule has 0 aliphatic heterocycles. The van der Waals surface area contributed by atoms with Gasteiger partial charge in [-0.3, -0.25) is 18.9 Å². The summed E-state index contributed by atoms with van der Waals surface area (Å²) in [7, 11) is 3.30. The van der Waals surface area contributed by atoms with E-state index in [1.807, 2.05) is 24.3 Å². The predicted octanol–water partition coefficient (Wildman–Crippen LogP) is 2.06. The van der Waals surface area contributed by atoms with E-state index in [0.29, 0.717) is 27.8 Å². The van der Waals surface area contributed by atoms with Crippen LogP contribution < -0.4 is 17.0 Å². The highest BCUT2D eigenvalue weighted by molar-refractivity contribution is 6.35. The number of imidazole rings is 1. The third-order valence-corrected chi connectivity index (χ3v) is 6.00. The largest absolute Gasteiger partial charge is 0.357 e. The first-order chi connectivity index (χ1) is 15.4. The van der Waals surface area contributed by atoms with Crippen LogP contribution in [0.2, 0.25) is 5.02 Å². The number of fused-ring (bicyclic) bond motifs is 2. The van der Waals surface area contributed by atoms with Crippen molar-refractivity contribution in [2.75, 3.05) is 0 Å². The molecular formula is C22H20ClN7O2. The van der Waals surface area contributed by atoms with Crippen LogP contribution in [0.4, 0.5) is 0 Å². The summed E-state index contributed by atoms with van der Waals surface area (Å²) < 4.78 is 4.18. The number of H-pyrrole nitrogens is 1. The Kier molecular flexibility index (Phi) is 4.72. The minimum absolute atomic E-state index is 0.0687. The van der Waals surface area contributed by atoms with Crippen molar-refractivity contribution in [1.29, 1.82) is 0 Å². The lowest BCUT2D eigenvalue weighted by molar-refractivity contribution is 0.648. The second-order valence-electron chi connectivity index (χ2n) is 7.66. The van der Waals surface area contributed by atoms with E-state index >= 15 is 0 Å². The number of aromatic amines is 1. The van der Waals surface area contributed by atoms with Crippen molar-refractivity contribution in [1.82, 2.24) is 28.7 Å². The van der Waals surface area contributed by atoms with Gasteiger partial charge in [0.25, 0.3) is 5.56 Å². The van der Waals surface area contributed by atoms with Crippen LogP contribution in [0, 0.1) is 0 Å². The zero-order chi connectivity index (χ0) is 22.6. The van der Waals surface area contributed by atoms with E-state index in [4.69, 9.17) is 17.3 Å². The number of rotatable bonds is 4. The molecule has 1 aromatic carbocycles. The molecule has 5 rings (SSSR count). The minimum Gasteiger partial charge on any atom is -0.357 e. The standard InChI is InChI=1S/C22H20ClN7O2/c1-28-18-20(27-19(28)17(24)16-7-3-4-9-25-16)29(2)22(32)30(21(18)31)11-12-10-13-14(23)6-5-8-15(13)26-12/h3-10,17,26H,11,24H2,1-2H3. The summed E-state index contributed by atoms with van der Waals surface area (Å²) >= 11 is 6.26. The molecule has 0 spiro atoms. The van der Waals surface area contributed by atoms with Gasteiger partial charge in [0.15, 0.2) is 11.2 Å². The van der Waals surface area contributed by atoms with Gasteiger partial charge in [0.05, 0.1) is 12.2 Å². The molecule has 0 aliphatic carbocycles. The molecule has 10 heteroatoms. The number of halogens is 1. The van der Waals surface area contributed by atoms with E-state index in [1.165, 1.54) is 9.13 Å². The third-order valence-electron chi connectivity index (χ3n) is 5.67. The number of hydrogen-bond donors (Lipinski definition) is 2. The fourth-order valence-corrected chi connectivity index (χ4v) is 4.23. The van der Waals surface area contributed by atoms with Crippen LogP contribution in [0.15, 0.2) is 58.3 Å². The summed E-state index contributed by atoms with van der Waals surface area (Å²) in [6.07, 6.45) is 1.65. The second kappa shape index (κ2) is 7.47. The van der Waals surface area contributed by atoms with Crippen LogP contribution in [0.1, 0.15) is 23.3 Å². The van der Waals surface area contributed by atoms with Crippen LogP contribution in [0.25, 0.3) is 22.1 Å². The fourth-order valence-electron chi connectivity index (χ4n) is 4.00. The molecule has 1 atom stereocenters. The first-order valence-corrected chi connectivity index (χ1v) is 10.3. The molecule has 1 unspecified atom stereocenters. The Balaban J connectivity index is 1.66. The van der Waals surface area contributed by atoms with Gasteiger partial charge < -0.3 is 15.3 Å². The fraction of sp³-hybridized carbons (Fsp3) is 0.182. The Bertz CT molecular complexity index is 1590. The SMILES string of the molecule is Cn1c(C(N)c2ccccn2)nc2c1c(=O)n(Cc1cc3c(Cl)cccc3[nH]1)c(=O)n2C. The lowest BCUT2D eigenvalue weighted by Gasteiger charge is -2.10. The number of aryl methyl sites for hydroxylation is 2. The highest BCUT2D eigenvalue weighted by Gasteiger charge is 2.23. The van der Waals surface area contributed by atoms with E-state index in [1.54, 1.807) is 43.1 Å². The first-order valence-electron chi connectivity index (χ1n) is 9.95. The summed E-state index contributed by atoms with van der Waals surface area (Å²) in [4.78, 5) is 38.5. The number of aromatic nitrogens is 6. The molecule has 3 N–H and O–H groups in total. The summed E-state index contributed by atoms with van der Waals surface area (Å²) in [5, 5.41) is 1.43. The number of nitrogens with two attached hydrogens (primary N) is 1. The minimum atomic E-state index is -0.646. The lowest BCUT2D eigenvalue weighted by atomic mass is 10.2. The van der Waals surface area contributed by atoms with E-state index in [9.17, 15) is 9.59 Å². The Morgan fingerprint density at radius 3 is 2.66 bits per heavy atom. The average molecular weight is 450 g/mol. The molecule has 0 amide bonds. The molecule has 162 valence electrons. The monoisotopic (exact) mass is 449 g/mol. The molecule has 0 saturated heterocycles. The van der Waals surface area contributed by atoms with E-state index in [2.05, 4.69) is 15.0 Å². The van der Waals surface area contributed by atoms with Gasteiger partial charge in [-0.25, -0.2) is 9.78 Å². The zero-order valence-corrected chi connectivity index (χ0v) is 18.2. The summed E-state index contributed by atoms with van der Waals surface area (Å²) in [6, 6.07) is 12.1. The van der Waals surface area contributed by atoms with Gasteiger partial charge in [-0.2, -0.15) is 0 Å². The molecule has 0 saturated carbocycles. The number of pyridine rings is 1. The van der Waals surface area contributed by atoms with E-state index in [0.717, 1.165) is 10.9 Å². The second-order valence-corrected chi connectivity index (χ2v) is 8.07. The number of nitrogens with zero attached hydrogens (tertiary/aromatic N) is 5. The van der Waals surface area contributed by atoms with Crippen molar-refractivity contribution in [2.45, 2.75) is 12.6 Å². The van der Waals surface area contributed by atoms with Crippen LogP contribution in [0.3, 0.4) is 0 Å². The average Bonchev–Trinajstić information content (AvgIpc) is 3.37. The van der Waals surface area contributed by atoms with E-state index in [-0.39, 0.29) is 12.2 Å². The van der Waals surface area contributed by atoms with Crippen LogP contribution in [0.5, 0.6) is 0 Å².